The van der Waals surface area contributed by atoms with Crippen LogP contribution in [0.25, 0.3) is 0 Å². The zero-order chi connectivity index (χ0) is 23.0. The number of aliphatic hydroxyl groups is 3. The summed E-state index contributed by atoms with van der Waals surface area (Å²) in [5.41, 5.74) is -2.84. The summed E-state index contributed by atoms with van der Waals surface area (Å²) in [6.45, 7) is 2.71. The SMILES string of the molecule is C[C@]12CCC(=O)C=C1[C@H](O)C[C@@H]1[C@@H]2[C@@H](O)C[C@@]2(C)[C@H]1CC[C@]2(O)C(=O)COS(=O)(=O)O. The summed E-state index contributed by atoms with van der Waals surface area (Å²) < 4.78 is 34.8. The van der Waals surface area contributed by atoms with Crippen molar-refractivity contribution in [2.75, 3.05) is 6.61 Å². The molecule has 9 nitrogen and oxygen atoms in total. The molecule has 0 aromatic carbocycles. The van der Waals surface area contributed by atoms with Crippen LogP contribution in [0, 0.1) is 28.6 Å². The van der Waals surface area contributed by atoms with Gasteiger partial charge < -0.3 is 15.3 Å². The molecule has 3 fully saturated rings. The molecule has 4 rings (SSSR count). The highest BCUT2D eigenvalue weighted by Gasteiger charge is 2.69. The van der Waals surface area contributed by atoms with Gasteiger partial charge in [0.2, 0.25) is 0 Å². The van der Waals surface area contributed by atoms with E-state index in [-0.39, 0.29) is 36.4 Å². The Kier molecular flexibility index (Phi) is 5.32. The van der Waals surface area contributed by atoms with Gasteiger partial charge in [0.25, 0.3) is 0 Å². The van der Waals surface area contributed by atoms with Crippen molar-refractivity contribution in [3.8, 4) is 0 Å². The lowest BCUT2D eigenvalue weighted by Gasteiger charge is -2.61. The third kappa shape index (κ3) is 3.34. The molecule has 0 spiro atoms. The van der Waals surface area contributed by atoms with E-state index in [2.05, 4.69) is 4.18 Å². The normalized spacial score (nSPS) is 47.2. The molecule has 0 saturated heterocycles. The molecule has 0 amide bonds. The Hall–Kier alpha value is -1.17. The largest absolute Gasteiger partial charge is 0.397 e. The second-order valence-electron chi connectivity index (χ2n) is 10.2. The third-order valence-corrected chi connectivity index (χ3v) is 9.28. The first kappa shape index (κ1) is 23.0. The van der Waals surface area contributed by atoms with Gasteiger partial charge in [-0.3, -0.25) is 14.1 Å². The topological polar surface area (TPSA) is 158 Å². The van der Waals surface area contributed by atoms with E-state index < -0.39 is 51.4 Å². The van der Waals surface area contributed by atoms with E-state index >= 15 is 0 Å². The van der Waals surface area contributed by atoms with Gasteiger partial charge in [-0.2, -0.15) is 8.42 Å². The summed E-state index contributed by atoms with van der Waals surface area (Å²) >= 11 is 0. The van der Waals surface area contributed by atoms with E-state index in [0.29, 0.717) is 31.3 Å². The smallest absolute Gasteiger partial charge is 0.393 e. The Morgan fingerprint density at radius 1 is 1.26 bits per heavy atom. The first-order valence-corrected chi connectivity index (χ1v) is 12.1. The van der Waals surface area contributed by atoms with Crippen LogP contribution in [0.3, 0.4) is 0 Å². The minimum Gasteiger partial charge on any atom is -0.393 e. The predicted octanol–water partition coefficient (Wildman–Crippen LogP) is 0.579. The molecule has 0 aliphatic heterocycles. The van der Waals surface area contributed by atoms with E-state index in [1.165, 1.54) is 6.08 Å². The molecule has 0 radical (unpaired) electrons. The summed E-state index contributed by atoms with van der Waals surface area (Å²) in [4.78, 5) is 24.8. The highest BCUT2D eigenvalue weighted by molar-refractivity contribution is 7.80. The van der Waals surface area contributed by atoms with Crippen LogP contribution in [-0.4, -0.2) is 64.3 Å². The maximum absolute atomic E-state index is 12.8. The average molecular weight is 459 g/mol. The van der Waals surface area contributed by atoms with Crippen molar-refractivity contribution in [2.24, 2.45) is 28.6 Å². The van der Waals surface area contributed by atoms with E-state index in [0.717, 1.165) is 0 Å². The Morgan fingerprint density at radius 3 is 2.58 bits per heavy atom. The van der Waals surface area contributed by atoms with Crippen LogP contribution >= 0.6 is 0 Å². The van der Waals surface area contributed by atoms with E-state index in [1.54, 1.807) is 6.92 Å². The van der Waals surface area contributed by atoms with E-state index in [9.17, 15) is 33.3 Å². The number of fused-ring (bicyclic) bond motifs is 5. The van der Waals surface area contributed by atoms with Gasteiger partial charge in [0.15, 0.2) is 11.6 Å². The Morgan fingerprint density at radius 2 is 1.94 bits per heavy atom. The zero-order valence-corrected chi connectivity index (χ0v) is 18.5. The van der Waals surface area contributed by atoms with Gasteiger partial charge in [-0.05, 0) is 66.9 Å². The molecule has 0 bridgehead atoms. The molecule has 0 unspecified atom stereocenters. The second-order valence-corrected chi connectivity index (χ2v) is 11.3. The summed E-state index contributed by atoms with van der Waals surface area (Å²) in [6, 6.07) is 0. The van der Waals surface area contributed by atoms with Crippen molar-refractivity contribution in [1.29, 1.82) is 0 Å². The Bertz CT molecular complexity index is 942. The number of carbonyl (C=O) groups is 2. The number of carbonyl (C=O) groups excluding carboxylic acids is 2. The van der Waals surface area contributed by atoms with E-state index in [4.69, 9.17) is 4.55 Å². The van der Waals surface area contributed by atoms with Crippen LogP contribution in [0.5, 0.6) is 0 Å². The van der Waals surface area contributed by atoms with Gasteiger partial charge in [0.1, 0.15) is 12.2 Å². The summed E-state index contributed by atoms with van der Waals surface area (Å²) in [7, 11) is -4.84. The molecule has 4 N–H and O–H groups in total. The number of hydrogen-bond acceptors (Lipinski definition) is 8. The maximum Gasteiger partial charge on any atom is 0.397 e. The average Bonchev–Trinajstić information content (AvgIpc) is 2.92. The van der Waals surface area contributed by atoms with Gasteiger partial charge in [-0.15, -0.1) is 0 Å². The van der Waals surface area contributed by atoms with Gasteiger partial charge in [0.05, 0.1) is 12.2 Å². The van der Waals surface area contributed by atoms with Crippen molar-refractivity contribution in [2.45, 2.75) is 70.2 Å². The van der Waals surface area contributed by atoms with Gasteiger partial charge in [-0.25, -0.2) is 4.18 Å². The first-order valence-electron chi connectivity index (χ1n) is 10.7. The fourth-order valence-corrected chi connectivity index (χ4v) is 7.71. The summed E-state index contributed by atoms with van der Waals surface area (Å²) in [6.07, 6.45) is 1.68. The Balaban J connectivity index is 1.68. The molecule has 4 aliphatic carbocycles. The minimum absolute atomic E-state index is 0.0280. The van der Waals surface area contributed by atoms with Crippen molar-refractivity contribution < 1.29 is 42.1 Å². The highest BCUT2D eigenvalue weighted by atomic mass is 32.3. The monoisotopic (exact) mass is 458 g/mol. The number of Topliss-reactive ketones (excluding diaryl/α,β-unsaturated/α-hetero) is 1. The number of hydrogen-bond donors (Lipinski definition) is 4. The van der Waals surface area contributed by atoms with E-state index in [1.807, 2.05) is 6.92 Å². The quantitative estimate of drug-likeness (QED) is 0.442. The Labute approximate surface area is 181 Å². The molecule has 0 aromatic rings. The van der Waals surface area contributed by atoms with Gasteiger partial charge in [0, 0.05) is 11.8 Å². The van der Waals surface area contributed by atoms with Crippen molar-refractivity contribution >= 4 is 22.0 Å². The molecule has 0 heterocycles. The summed E-state index contributed by atoms with van der Waals surface area (Å²) in [5.74, 6) is -1.47. The van der Waals surface area contributed by atoms with Crippen LogP contribution in [0.15, 0.2) is 11.6 Å². The number of aliphatic hydroxyl groups excluding tert-OH is 2. The van der Waals surface area contributed by atoms with Crippen molar-refractivity contribution in [3.05, 3.63) is 11.6 Å². The van der Waals surface area contributed by atoms with Crippen molar-refractivity contribution in [1.82, 2.24) is 0 Å². The molecule has 4 aliphatic rings. The van der Waals surface area contributed by atoms with Gasteiger partial charge >= 0.3 is 10.4 Å². The standard InChI is InChI=1S/C21H30O9S/c1-19-5-3-11(22)7-14(19)15(23)8-12-13-4-6-21(26,17(25)10-30-31(27,28)29)20(13,2)9-16(24)18(12)19/h7,12-13,15-16,18,23-24,26H,3-6,8-10H2,1-2H3,(H,27,28,29)/t12-,13-,15+,16-,18+,19-,20-,21-/m0/s1. The lowest BCUT2D eigenvalue weighted by molar-refractivity contribution is -0.186. The lowest BCUT2D eigenvalue weighted by atomic mass is 9.45. The van der Waals surface area contributed by atoms with Crippen LogP contribution in [-0.2, 0) is 24.2 Å². The lowest BCUT2D eigenvalue weighted by Crippen LogP contribution is -2.63. The van der Waals surface area contributed by atoms with Crippen LogP contribution in [0.4, 0.5) is 0 Å². The minimum atomic E-state index is -4.84. The van der Waals surface area contributed by atoms with Crippen molar-refractivity contribution in [3.63, 3.8) is 0 Å². The number of ketones is 2. The van der Waals surface area contributed by atoms with Crippen LogP contribution in [0.2, 0.25) is 0 Å². The fraction of sp³-hybridized carbons (Fsp3) is 0.810. The summed E-state index contributed by atoms with van der Waals surface area (Å²) in [5, 5.41) is 33.5. The second kappa shape index (κ2) is 7.16. The molecule has 31 heavy (non-hydrogen) atoms. The molecular formula is C21H30O9S. The van der Waals surface area contributed by atoms with Crippen LogP contribution < -0.4 is 0 Å². The van der Waals surface area contributed by atoms with Crippen LogP contribution in [0.1, 0.15) is 52.4 Å². The third-order valence-electron chi connectivity index (χ3n) is 8.86. The maximum atomic E-state index is 12.8. The molecule has 0 aromatic heterocycles. The molecular weight excluding hydrogens is 428 g/mol. The first-order chi connectivity index (χ1) is 14.2. The molecule has 8 atom stereocenters. The fourth-order valence-electron chi connectivity index (χ4n) is 7.45. The molecule has 174 valence electrons. The van der Waals surface area contributed by atoms with Gasteiger partial charge in [-0.1, -0.05) is 13.8 Å². The predicted molar refractivity (Wildman–Crippen MR) is 107 cm³/mol. The zero-order valence-electron chi connectivity index (χ0n) is 17.7. The molecule has 3 saturated carbocycles. The molecule has 10 heteroatoms. The number of rotatable bonds is 4. The highest BCUT2D eigenvalue weighted by Crippen LogP contribution is 2.67.